The number of carbonyl (C=O) groups excluding carboxylic acids is 4. The van der Waals surface area contributed by atoms with Crippen LogP contribution in [0.5, 0.6) is 0 Å². The minimum atomic E-state index is -1.24. The predicted molar refractivity (Wildman–Crippen MR) is 186 cm³/mol. The molecule has 3 saturated heterocycles. The van der Waals surface area contributed by atoms with Crippen molar-refractivity contribution in [3.63, 3.8) is 0 Å². The van der Waals surface area contributed by atoms with Crippen LogP contribution in [0.3, 0.4) is 0 Å². The van der Waals surface area contributed by atoms with Crippen LogP contribution >= 0.6 is 0 Å². The lowest BCUT2D eigenvalue weighted by atomic mass is 9.70. The van der Waals surface area contributed by atoms with E-state index >= 15 is 0 Å². The Balaban J connectivity index is 1.49. The lowest BCUT2D eigenvalue weighted by Crippen LogP contribution is -2.56. The fourth-order valence-corrected chi connectivity index (χ4v) is 7.90. The summed E-state index contributed by atoms with van der Waals surface area (Å²) < 4.78 is 13.0. The molecule has 49 heavy (non-hydrogen) atoms. The average Bonchev–Trinajstić information content (AvgIpc) is 3.75. The van der Waals surface area contributed by atoms with Gasteiger partial charge in [0, 0.05) is 38.9 Å². The number of anilines is 1. The van der Waals surface area contributed by atoms with E-state index < -0.39 is 47.7 Å². The Kier molecular flexibility index (Phi) is 11.1. The van der Waals surface area contributed by atoms with E-state index in [9.17, 15) is 24.3 Å². The monoisotopic (exact) mass is 671 g/mol. The van der Waals surface area contributed by atoms with Crippen LogP contribution in [0.15, 0.2) is 73.8 Å². The molecule has 10 nitrogen and oxygen atoms in total. The van der Waals surface area contributed by atoms with Gasteiger partial charge in [-0.3, -0.25) is 19.2 Å². The van der Waals surface area contributed by atoms with E-state index in [1.165, 1.54) is 4.90 Å². The number of rotatable bonds is 15. The maximum absolute atomic E-state index is 14.8. The number of likely N-dealkylation sites (N-methyl/N-ethyl adjacent to an activating group) is 1. The molecule has 5 rings (SSSR count). The summed E-state index contributed by atoms with van der Waals surface area (Å²) in [6.07, 6.45) is 3.91. The molecule has 2 bridgehead atoms. The van der Waals surface area contributed by atoms with E-state index in [0.717, 1.165) is 16.7 Å². The zero-order valence-corrected chi connectivity index (χ0v) is 29.0. The Bertz CT molecular complexity index is 1580. The lowest BCUT2D eigenvalue weighted by Gasteiger charge is -2.37. The van der Waals surface area contributed by atoms with Gasteiger partial charge in [-0.2, -0.15) is 0 Å². The normalized spacial score (nSPS) is 25.0. The third kappa shape index (κ3) is 6.68. The van der Waals surface area contributed by atoms with Crippen molar-refractivity contribution < 1.29 is 33.8 Å². The van der Waals surface area contributed by atoms with Crippen molar-refractivity contribution in [2.75, 3.05) is 31.6 Å². The van der Waals surface area contributed by atoms with Crippen molar-refractivity contribution in [1.82, 2.24) is 9.80 Å². The topological polar surface area (TPSA) is 117 Å². The van der Waals surface area contributed by atoms with Gasteiger partial charge >= 0.3 is 5.97 Å². The van der Waals surface area contributed by atoms with Gasteiger partial charge in [0.15, 0.2) is 0 Å². The highest BCUT2D eigenvalue weighted by molar-refractivity contribution is 6.05. The number of carbonyl (C=O) groups is 4. The number of aliphatic hydroxyl groups is 1. The van der Waals surface area contributed by atoms with Gasteiger partial charge in [-0.1, -0.05) is 54.6 Å². The van der Waals surface area contributed by atoms with Crippen LogP contribution in [0.4, 0.5) is 5.69 Å². The summed E-state index contributed by atoms with van der Waals surface area (Å²) >= 11 is 0. The highest BCUT2D eigenvalue weighted by atomic mass is 16.6. The number of hydrogen-bond donors (Lipinski definition) is 1. The maximum atomic E-state index is 14.8. The molecule has 3 aliphatic heterocycles. The second kappa shape index (κ2) is 15.1. The summed E-state index contributed by atoms with van der Waals surface area (Å²) in [7, 11) is 1.69. The second-order valence-electron chi connectivity index (χ2n) is 13.5. The van der Waals surface area contributed by atoms with E-state index in [0.29, 0.717) is 24.9 Å². The summed E-state index contributed by atoms with van der Waals surface area (Å²) in [5.74, 6) is -3.24. The molecule has 1 spiro atoms. The summed E-state index contributed by atoms with van der Waals surface area (Å²) in [5.41, 5.74) is 2.08. The molecule has 0 saturated carbocycles. The Morgan fingerprint density at radius 1 is 1.14 bits per heavy atom. The van der Waals surface area contributed by atoms with Crippen LogP contribution in [0, 0.1) is 25.7 Å². The molecule has 7 atom stereocenters. The molecule has 3 fully saturated rings. The number of ether oxygens (including phenoxy) is 2. The molecular formula is C39H49N3O7. The number of hydrogen-bond acceptors (Lipinski definition) is 7. The first-order valence-electron chi connectivity index (χ1n) is 17.2. The molecule has 3 heterocycles. The summed E-state index contributed by atoms with van der Waals surface area (Å²) in [6.45, 7) is 13.5. The fraction of sp³-hybridized carbons (Fsp3) is 0.487. The molecular weight excluding hydrogens is 622 g/mol. The molecule has 10 heteroatoms. The number of aliphatic hydroxyl groups excluding tert-OH is 1. The quantitative estimate of drug-likeness (QED) is 0.216. The number of likely N-dealkylation sites (tertiary alicyclic amines) is 1. The molecule has 0 aliphatic carbocycles. The maximum Gasteiger partial charge on any atom is 0.313 e. The number of amides is 3. The van der Waals surface area contributed by atoms with Crippen LogP contribution < -0.4 is 4.90 Å². The number of benzene rings is 2. The van der Waals surface area contributed by atoms with Crippen LogP contribution in [0.1, 0.15) is 61.8 Å². The van der Waals surface area contributed by atoms with Gasteiger partial charge in [0.05, 0.1) is 24.0 Å². The van der Waals surface area contributed by atoms with E-state index in [-0.39, 0.29) is 50.3 Å². The van der Waals surface area contributed by atoms with Gasteiger partial charge in [-0.25, -0.2) is 0 Å². The molecule has 3 amide bonds. The average molecular weight is 672 g/mol. The first-order valence-corrected chi connectivity index (χ1v) is 17.2. The van der Waals surface area contributed by atoms with Gasteiger partial charge < -0.3 is 29.3 Å². The first kappa shape index (κ1) is 36.0. The smallest absolute Gasteiger partial charge is 0.313 e. The SMILES string of the molecule is C=CCCC(=O)N(C)[C@@H](C)[C@@H](OC(=O)[C@@H]1[C@H]2C(=O)N(CCCO)[C@H](C(=O)N(CC=C)c3cc(C)ccc3C)[C@]23CC[C@H]1O3)c1ccccc1. The van der Waals surface area contributed by atoms with E-state index in [1.807, 2.05) is 69.3 Å². The fourth-order valence-electron chi connectivity index (χ4n) is 7.90. The highest BCUT2D eigenvalue weighted by Gasteiger charge is 2.75. The van der Waals surface area contributed by atoms with E-state index in [4.69, 9.17) is 9.47 Å². The Hall–Kier alpha value is -4.28. The van der Waals surface area contributed by atoms with Crippen molar-refractivity contribution in [3.05, 3.63) is 90.5 Å². The molecule has 3 aliphatic rings. The van der Waals surface area contributed by atoms with Crippen molar-refractivity contribution in [2.45, 2.75) is 82.8 Å². The van der Waals surface area contributed by atoms with Gasteiger partial charge in [-0.05, 0) is 69.2 Å². The third-order valence-electron chi connectivity index (χ3n) is 10.5. The largest absolute Gasteiger partial charge is 0.455 e. The zero-order chi connectivity index (χ0) is 35.5. The molecule has 0 aromatic heterocycles. The molecule has 262 valence electrons. The Labute approximate surface area is 289 Å². The van der Waals surface area contributed by atoms with E-state index in [2.05, 4.69) is 13.2 Å². The highest BCUT2D eigenvalue weighted by Crippen LogP contribution is 2.59. The summed E-state index contributed by atoms with van der Waals surface area (Å²) in [5, 5.41) is 9.76. The minimum Gasteiger partial charge on any atom is -0.455 e. The minimum absolute atomic E-state index is 0.105. The Morgan fingerprint density at radius 3 is 2.55 bits per heavy atom. The van der Waals surface area contributed by atoms with Crippen molar-refractivity contribution in [3.8, 4) is 0 Å². The van der Waals surface area contributed by atoms with Crippen LogP contribution in [-0.2, 0) is 28.7 Å². The molecule has 0 unspecified atom stereocenters. The molecule has 2 aromatic carbocycles. The third-order valence-corrected chi connectivity index (χ3v) is 10.5. The Morgan fingerprint density at radius 2 is 1.88 bits per heavy atom. The number of esters is 1. The number of allylic oxidation sites excluding steroid dienone is 1. The van der Waals surface area contributed by atoms with Gasteiger partial charge in [0.25, 0.3) is 5.91 Å². The van der Waals surface area contributed by atoms with Gasteiger partial charge in [-0.15, -0.1) is 13.2 Å². The van der Waals surface area contributed by atoms with Crippen molar-refractivity contribution in [2.24, 2.45) is 11.8 Å². The summed E-state index contributed by atoms with van der Waals surface area (Å²) in [6, 6.07) is 13.6. The molecule has 2 aromatic rings. The van der Waals surface area contributed by atoms with E-state index in [1.54, 1.807) is 29.0 Å². The van der Waals surface area contributed by atoms with Gasteiger partial charge in [0.2, 0.25) is 11.8 Å². The molecule has 1 N–H and O–H groups in total. The summed E-state index contributed by atoms with van der Waals surface area (Å²) in [4.78, 5) is 61.3. The van der Waals surface area contributed by atoms with Crippen LogP contribution in [0.2, 0.25) is 0 Å². The van der Waals surface area contributed by atoms with Crippen LogP contribution in [-0.4, -0.2) is 89.1 Å². The molecule has 0 radical (unpaired) electrons. The van der Waals surface area contributed by atoms with Crippen molar-refractivity contribution in [1.29, 1.82) is 0 Å². The number of fused-ring (bicyclic) bond motifs is 1. The first-order chi connectivity index (χ1) is 23.5. The predicted octanol–water partition coefficient (Wildman–Crippen LogP) is 4.68. The zero-order valence-electron chi connectivity index (χ0n) is 29.0. The van der Waals surface area contributed by atoms with Crippen molar-refractivity contribution >= 4 is 29.4 Å². The second-order valence-corrected chi connectivity index (χ2v) is 13.5. The van der Waals surface area contributed by atoms with Crippen LogP contribution in [0.25, 0.3) is 0 Å². The number of nitrogens with zero attached hydrogens (tertiary/aromatic N) is 3. The van der Waals surface area contributed by atoms with Gasteiger partial charge in [0.1, 0.15) is 17.7 Å². The number of aryl methyl sites for hydroxylation is 2. The standard InChI is InChI=1S/C39H49N3O7/c1-7-9-16-31(44)40(6)27(5)34(28-14-11-10-12-15-28)48-38(47)32-30-19-20-39(49-30)33(32)36(45)42(22-13-23-43)35(39)37(46)41(21-8-2)29-24-25(3)17-18-26(29)4/h7-8,10-12,14-15,17-18,24,27,30,32-35,43H,1-2,9,13,16,19-23H2,3-6H3/t27-,30+,32-,33-,34+,35+,39-/m0/s1. The lowest BCUT2D eigenvalue weighted by molar-refractivity contribution is -0.164.